The summed E-state index contributed by atoms with van der Waals surface area (Å²) < 4.78 is 3.28. The Bertz CT molecular complexity index is 593. The number of hydrogen-bond acceptors (Lipinski definition) is 1. The lowest BCUT2D eigenvalue weighted by molar-refractivity contribution is 0.561. The summed E-state index contributed by atoms with van der Waals surface area (Å²) in [7, 11) is 0. The average molecular weight is 285 g/mol. The van der Waals surface area contributed by atoms with Gasteiger partial charge in [-0.05, 0) is 26.0 Å². The number of imidazole rings is 1. The third-order valence-electron chi connectivity index (χ3n) is 2.82. The Morgan fingerprint density at radius 2 is 1.78 bits per heavy atom. The van der Waals surface area contributed by atoms with Crippen LogP contribution in [0.3, 0.4) is 0 Å². The normalized spacial score (nSPS) is 11.2. The van der Waals surface area contributed by atoms with Crippen LogP contribution in [0.2, 0.25) is 10.0 Å². The zero-order valence-electron chi connectivity index (χ0n) is 10.2. The van der Waals surface area contributed by atoms with Gasteiger partial charge in [-0.25, -0.2) is 4.79 Å². The van der Waals surface area contributed by atoms with Crippen molar-refractivity contribution in [3.63, 3.8) is 0 Å². The molecule has 1 aromatic heterocycles. The molecular formula is C13H14Cl2N2O. The molecule has 1 heterocycles. The van der Waals surface area contributed by atoms with Crippen LogP contribution in [0.4, 0.5) is 0 Å². The minimum Gasteiger partial charge on any atom is -0.297 e. The molecular weight excluding hydrogens is 271 g/mol. The summed E-state index contributed by atoms with van der Waals surface area (Å²) in [5, 5.41) is 1.15. The zero-order valence-corrected chi connectivity index (χ0v) is 11.7. The van der Waals surface area contributed by atoms with Crippen LogP contribution in [0, 0.1) is 0 Å². The predicted octanol–water partition coefficient (Wildman–Crippen LogP) is 3.59. The van der Waals surface area contributed by atoms with E-state index in [0.717, 1.165) is 5.56 Å². The Morgan fingerprint density at radius 3 is 2.28 bits per heavy atom. The van der Waals surface area contributed by atoms with Gasteiger partial charge in [0, 0.05) is 34.0 Å². The van der Waals surface area contributed by atoms with E-state index in [-0.39, 0.29) is 11.7 Å². The molecule has 0 atom stereocenters. The van der Waals surface area contributed by atoms with Crippen LogP contribution in [0.25, 0.3) is 0 Å². The highest BCUT2D eigenvalue weighted by molar-refractivity contribution is 6.35. The molecule has 0 amide bonds. The molecule has 0 spiro atoms. The minimum absolute atomic E-state index is 0.0546. The van der Waals surface area contributed by atoms with Crippen molar-refractivity contribution in [3.8, 4) is 0 Å². The van der Waals surface area contributed by atoms with E-state index in [1.54, 1.807) is 39.7 Å². The van der Waals surface area contributed by atoms with Gasteiger partial charge in [0.1, 0.15) is 0 Å². The first-order valence-corrected chi connectivity index (χ1v) is 6.46. The van der Waals surface area contributed by atoms with Crippen LogP contribution in [0.1, 0.15) is 25.5 Å². The standard InChI is InChI=1S/C13H14Cl2N2O/c1-9(2)17-7-6-16(13(17)18)8-10-11(14)4-3-5-12(10)15/h3-7,9H,8H2,1-2H3. The van der Waals surface area contributed by atoms with Crippen LogP contribution in [0.5, 0.6) is 0 Å². The van der Waals surface area contributed by atoms with Crippen molar-refractivity contribution in [2.24, 2.45) is 0 Å². The minimum atomic E-state index is -0.0546. The van der Waals surface area contributed by atoms with Gasteiger partial charge in [0.05, 0.1) is 6.54 Å². The highest BCUT2D eigenvalue weighted by Gasteiger charge is 2.10. The van der Waals surface area contributed by atoms with E-state index in [1.165, 1.54) is 0 Å². The molecule has 0 fully saturated rings. The maximum absolute atomic E-state index is 12.1. The van der Waals surface area contributed by atoms with E-state index in [1.807, 2.05) is 13.8 Å². The number of hydrogen-bond donors (Lipinski definition) is 0. The van der Waals surface area contributed by atoms with E-state index >= 15 is 0 Å². The van der Waals surface area contributed by atoms with E-state index in [9.17, 15) is 4.79 Å². The van der Waals surface area contributed by atoms with E-state index < -0.39 is 0 Å². The smallest absolute Gasteiger partial charge is 0.297 e. The fourth-order valence-electron chi connectivity index (χ4n) is 1.80. The summed E-state index contributed by atoms with van der Waals surface area (Å²) in [6.45, 7) is 4.32. The molecule has 1 aromatic carbocycles. The highest BCUT2D eigenvalue weighted by atomic mass is 35.5. The summed E-state index contributed by atoms with van der Waals surface area (Å²) >= 11 is 12.2. The number of benzene rings is 1. The third kappa shape index (κ3) is 2.47. The summed E-state index contributed by atoms with van der Waals surface area (Å²) in [4.78, 5) is 12.1. The fraction of sp³-hybridized carbons (Fsp3) is 0.308. The molecule has 2 rings (SSSR count). The second kappa shape index (κ2) is 5.21. The topological polar surface area (TPSA) is 26.9 Å². The summed E-state index contributed by atoms with van der Waals surface area (Å²) in [5.74, 6) is 0. The maximum atomic E-state index is 12.1. The Hall–Kier alpha value is -1.19. The predicted molar refractivity (Wildman–Crippen MR) is 74.6 cm³/mol. The number of nitrogens with zero attached hydrogens (tertiary/aromatic N) is 2. The fourth-order valence-corrected chi connectivity index (χ4v) is 2.31. The first-order valence-electron chi connectivity index (χ1n) is 5.71. The van der Waals surface area contributed by atoms with Gasteiger partial charge in [0.15, 0.2) is 0 Å². The van der Waals surface area contributed by atoms with E-state index in [2.05, 4.69) is 0 Å². The van der Waals surface area contributed by atoms with Crippen molar-refractivity contribution in [1.29, 1.82) is 0 Å². The Morgan fingerprint density at radius 1 is 1.17 bits per heavy atom. The van der Waals surface area contributed by atoms with Gasteiger partial charge in [-0.2, -0.15) is 0 Å². The largest absolute Gasteiger partial charge is 0.328 e. The van der Waals surface area contributed by atoms with Gasteiger partial charge < -0.3 is 0 Å². The van der Waals surface area contributed by atoms with Gasteiger partial charge in [0.2, 0.25) is 0 Å². The second-order valence-electron chi connectivity index (χ2n) is 4.41. The zero-order chi connectivity index (χ0) is 13.3. The molecule has 0 aliphatic carbocycles. The lowest BCUT2D eigenvalue weighted by atomic mass is 10.2. The van der Waals surface area contributed by atoms with Gasteiger partial charge in [-0.3, -0.25) is 9.13 Å². The summed E-state index contributed by atoms with van der Waals surface area (Å²) in [6.07, 6.45) is 3.53. The van der Waals surface area contributed by atoms with Crippen LogP contribution >= 0.6 is 23.2 Å². The first kappa shape index (κ1) is 13.2. The molecule has 18 heavy (non-hydrogen) atoms. The Labute approximate surface area is 116 Å². The van der Waals surface area contributed by atoms with Gasteiger partial charge >= 0.3 is 5.69 Å². The SMILES string of the molecule is CC(C)n1ccn(Cc2c(Cl)cccc2Cl)c1=O. The van der Waals surface area contributed by atoms with Crippen molar-refractivity contribution in [3.05, 3.63) is 56.7 Å². The lowest BCUT2D eigenvalue weighted by Crippen LogP contribution is -2.25. The average Bonchev–Trinajstić information content (AvgIpc) is 2.66. The lowest BCUT2D eigenvalue weighted by Gasteiger charge is -2.08. The molecule has 0 radical (unpaired) electrons. The molecule has 2 aromatic rings. The molecule has 0 aliphatic heterocycles. The first-order chi connectivity index (χ1) is 8.50. The van der Waals surface area contributed by atoms with Gasteiger partial charge in [0.25, 0.3) is 0 Å². The molecule has 0 saturated heterocycles. The monoisotopic (exact) mass is 284 g/mol. The Balaban J connectivity index is 2.38. The van der Waals surface area contributed by atoms with Gasteiger partial charge in [-0.15, -0.1) is 0 Å². The highest BCUT2D eigenvalue weighted by Crippen LogP contribution is 2.24. The van der Waals surface area contributed by atoms with Crippen LogP contribution < -0.4 is 5.69 Å². The number of aromatic nitrogens is 2. The molecule has 0 N–H and O–H groups in total. The van der Waals surface area contributed by atoms with Crippen LogP contribution in [-0.2, 0) is 6.54 Å². The molecule has 0 aliphatic rings. The molecule has 3 nitrogen and oxygen atoms in total. The van der Waals surface area contributed by atoms with Crippen LogP contribution in [-0.4, -0.2) is 9.13 Å². The molecule has 0 unspecified atom stereocenters. The van der Waals surface area contributed by atoms with Gasteiger partial charge in [-0.1, -0.05) is 29.3 Å². The quantitative estimate of drug-likeness (QED) is 0.846. The Kier molecular flexibility index (Phi) is 3.83. The van der Waals surface area contributed by atoms with Crippen molar-refractivity contribution < 1.29 is 0 Å². The van der Waals surface area contributed by atoms with Crippen molar-refractivity contribution >= 4 is 23.2 Å². The summed E-state index contributed by atoms with van der Waals surface area (Å²) in [6, 6.07) is 5.47. The van der Waals surface area contributed by atoms with E-state index in [0.29, 0.717) is 16.6 Å². The van der Waals surface area contributed by atoms with Crippen molar-refractivity contribution in [2.75, 3.05) is 0 Å². The molecule has 96 valence electrons. The molecule has 0 bridgehead atoms. The van der Waals surface area contributed by atoms with Crippen molar-refractivity contribution in [2.45, 2.75) is 26.4 Å². The maximum Gasteiger partial charge on any atom is 0.328 e. The summed E-state index contributed by atoms with van der Waals surface area (Å²) in [5.41, 5.74) is 0.713. The molecule has 0 saturated carbocycles. The van der Waals surface area contributed by atoms with Crippen molar-refractivity contribution in [1.82, 2.24) is 9.13 Å². The number of rotatable bonds is 3. The molecule has 5 heteroatoms. The second-order valence-corrected chi connectivity index (χ2v) is 5.22. The third-order valence-corrected chi connectivity index (χ3v) is 3.53. The van der Waals surface area contributed by atoms with Crippen LogP contribution in [0.15, 0.2) is 35.4 Å². The number of halogens is 2. The van der Waals surface area contributed by atoms with E-state index in [4.69, 9.17) is 23.2 Å².